The summed E-state index contributed by atoms with van der Waals surface area (Å²) in [6.45, 7) is 2.13. The molecule has 1 fully saturated rings. The number of carbonyl (C=O) groups is 1. The van der Waals surface area contributed by atoms with Gasteiger partial charge >= 0.3 is 0 Å². The summed E-state index contributed by atoms with van der Waals surface area (Å²) in [7, 11) is 1.69. The lowest BCUT2D eigenvalue weighted by molar-refractivity contribution is -0.123. The van der Waals surface area contributed by atoms with E-state index in [1.165, 1.54) is 12.8 Å². The molecule has 1 unspecified atom stereocenters. The maximum absolute atomic E-state index is 12.1. The van der Waals surface area contributed by atoms with Crippen LogP contribution in [0.3, 0.4) is 0 Å². The molecule has 4 heteroatoms. The molecule has 0 bridgehead atoms. The normalized spacial score (nSPS) is 19.4. The van der Waals surface area contributed by atoms with E-state index >= 15 is 0 Å². The van der Waals surface area contributed by atoms with Gasteiger partial charge in [0.2, 0.25) is 5.91 Å². The minimum absolute atomic E-state index is 0.0281. The average molecular weight is 276 g/mol. The Morgan fingerprint density at radius 3 is 3.05 bits per heavy atom. The fourth-order valence-corrected chi connectivity index (χ4v) is 2.56. The highest BCUT2D eigenvalue weighted by Crippen LogP contribution is 2.09. The number of rotatable bonds is 5. The molecule has 0 radical (unpaired) electrons. The second-order valence-electron chi connectivity index (χ2n) is 5.33. The van der Waals surface area contributed by atoms with Gasteiger partial charge in [-0.3, -0.25) is 4.79 Å². The van der Waals surface area contributed by atoms with E-state index in [1.54, 1.807) is 7.11 Å². The molecular formula is C16H24N2O2. The summed E-state index contributed by atoms with van der Waals surface area (Å²) in [4.78, 5) is 12.1. The molecule has 1 aromatic rings. The first-order valence-corrected chi connectivity index (χ1v) is 7.37. The van der Waals surface area contributed by atoms with Crippen LogP contribution < -0.4 is 10.6 Å². The summed E-state index contributed by atoms with van der Waals surface area (Å²) in [5, 5.41) is 6.34. The van der Waals surface area contributed by atoms with Crippen molar-refractivity contribution in [2.75, 3.05) is 13.7 Å². The van der Waals surface area contributed by atoms with Gasteiger partial charge in [-0.15, -0.1) is 0 Å². The van der Waals surface area contributed by atoms with Crippen LogP contribution in [0, 0.1) is 0 Å². The summed E-state index contributed by atoms with van der Waals surface area (Å²) in [6.07, 6.45) is 4.46. The van der Waals surface area contributed by atoms with Crippen molar-refractivity contribution >= 4 is 5.91 Å². The van der Waals surface area contributed by atoms with Gasteiger partial charge < -0.3 is 15.4 Å². The standard InChI is InChI=1S/C16H24N2O2/c1-20-12-14-7-5-6-13(10-14)11-18-16(19)15-8-3-2-4-9-17-15/h5-7,10,15,17H,2-4,8-9,11-12H2,1H3,(H,18,19). The molecule has 1 heterocycles. The number of carbonyl (C=O) groups excluding carboxylic acids is 1. The molecule has 2 N–H and O–H groups in total. The average Bonchev–Trinajstić information content (AvgIpc) is 2.75. The van der Waals surface area contributed by atoms with Gasteiger partial charge in [-0.25, -0.2) is 0 Å². The van der Waals surface area contributed by atoms with Gasteiger partial charge in [0.05, 0.1) is 12.6 Å². The number of hydrogen-bond donors (Lipinski definition) is 2. The first-order valence-electron chi connectivity index (χ1n) is 7.37. The predicted molar refractivity (Wildman–Crippen MR) is 79.3 cm³/mol. The third-order valence-corrected chi connectivity index (χ3v) is 3.65. The summed E-state index contributed by atoms with van der Waals surface area (Å²) >= 11 is 0. The Morgan fingerprint density at radius 2 is 2.20 bits per heavy atom. The highest BCUT2D eigenvalue weighted by Gasteiger charge is 2.18. The van der Waals surface area contributed by atoms with Gasteiger partial charge in [0, 0.05) is 13.7 Å². The zero-order chi connectivity index (χ0) is 14.2. The van der Waals surface area contributed by atoms with Gasteiger partial charge in [-0.1, -0.05) is 37.1 Å². The second kappa shape index (κ2) is 8.02. The highest BCUT2D eigenvalue weighted by atomic mass is 16.5. The van der Waals surface area contributed by atoms with Crippen LogP contribution in [0.5, 0.6) is 0 Å². The molecule has 2 rings (SSSR count). The minimum atomic E-state index is -0.0281. The zero-order valence-electron chi connectivity index (χ0n) is 12.2. The monoisotopic (exact) mass is 276 g/mol. The largest absolute Gasteiger partial charge is 0.380 e. The molecule has 1 aliphatic heterocycles. The molecule has 1 aromatic carbocycles. The van der Waals surface area contributed by atoms with Gasteiger partial charge in [-0.2, -0.15) is 0 Å². The van der Waals surface area contributed by atoms with Crippen LogP contribution in [0.4, 0.5) is 0 Å². The quantitative estimate of drug-likeness (QED) is 0.864. The number of ether oxygens (including phenoxy) is 1. The zero-order valence-corrected chi connectivity index (χ0v) is 12.2. The maximum atomic E-state index is 12.1. The van der Waals surface area contributed by atoms with Crippen molar-refractivity contribution in [3.63, 3.8) is 0 Å². The molecule has 1 aliphatic rings. The van der Waals surface area contributed by atoms with E-state index in [1.807, 2.05) is 18.2 Å². The van der Waals surface area contributed by atoms with E-state index < -0.39 is 0 Å². The molecule has 0 spiro atoms. The van der Waals surface area contributed by atoms with Crippen LogP contribution in [-0.2, 0) is 22.7 Å². The van der Waals surface area contributed by atoms with Crippen molar-refractivity contribution in [2.45, 2.75) is 44.9 Å². The SMILES string of the molecule is COCc1cccc(CNC(=O)C2CCCCCN2)c1. The molecule has 0 aromatic heterocycles. The number of methoxy groups -OCH3 is 1. The molecule has 0 saturated carbocycles. The van der Waals surface area contributed by atoms with E-state index in [-0.39, 0.29) is 11.9 Å². The predicted octanol–water partition coefficient (Wildman–Crippen LogP) is 1.98. The third kappa shape index (κ3) is 4.62. The van der Waals surface area contributed by atoms with Gasteiger partial charge in [-0.05, 0) is 30.5 Å². The Hall–Kier alpha value is -1.39. The smallest absolute Gasteiger partial charge is 0.237 e. The lowest BCUT2D eigenvalue weighted by Crippen LogP contribution is -2.43. The number of amides is 1. The Labute approximate surface area is 120 Å². The molecule has 0 aliphatic carbocycles. The van der Waals surface area contributed by atoms with E-state index in [2.05, 4.69) is 16.7 Å². The fraction of sp³-hybridized carbons (Fsp3) is 0.562. The third-order valence-electron chi connectivity index (χ3n) is 3.65. The fourth-order valence-electron chi connectivity index (χ4n) is 2.56. The van der Waals surface area contributed by atoms with Crippen molar-refractivity contribution in [3.8, 4) is 0 Å². The molecular weight excluding hydrogens is 252 g/mol. The molecule has 1 atom stereocenters. The lowest BCUT2D eigenvalue weighted by atomic mass is 10.1. The second-order valence-corrected chi connectivity index (χ2v) is 5.33. The Kier molecular flexibility index (Phi) is 6.02. The van der Waals surface area contributed by atoms with Crippen molar-refractivity contribution in [3.05, 3.63) is 35.4 Å². The van der Waals surface area contributed by atoms with E-state index in [9.17, 15) is 4.79 Å². The van der Waals surface area contributed by atoms with Crippen molar-refractivity contribution in [1.82, 2.24) is 10.6 Å². The Bertz CT molecular complexity index is 426. The van der Waals surface area contributed by atoms with Crippen LogP contribution in [0.15, 0.2) is 24.3 Å². The number of nitrogens with one attached hydrogen (secondary N) is 2. The van der Waals surface area contributed by atoms with Gasteiger partial charge in [0.25, 0.3) is 0 Å². The minimum Gasteiger partial charge on any atom is -0.380 e. The Morgan fingerprint density at radius 1 is 1.35 bits per heavy atom. The lowest BCUT2D eigenvalue weighted by Gasteiger charge is -2.15. The summed E-state index contributed by atoms with van der Waals surface area (Å²) in [5.74, 6) is 0.115. The van der Waals surface area contributed by atoms with Crippen molar-refractivity contribution in [2.24, 2.45) is 0 Å². The van der Waals surface area contributed by atoms with E-state index in [4.69, 9.17) is 4.74 Å². The van der Waals surface area contributed by atoms with Crippen LogP contribution >= 0.6 is 0 Å². The first-order chi connectivity index (χ1) is 9.79. The summed E-state index contributed by atoms with van der Waals surface area (Å²) in [5.41, 5.74) is 2.24. The van der Waals surface area contributed by atoms with E-state index in [0.717, 1.165) is 30.5 Å². The van der Waals surface area contributed by atoms with Gasteiger partial charge in [0.15, 0.2) is 0 Å². The maximum Gasteiger partial charge on any atom is 0.237 e. The molecule has 1 saturated heterocycles. The molecule has 110 valence electrons. The number of benzene rings is 1. The highest BCUT2D eigenvalue weighted by molar-refractivity contribution is 5.81. The molecule has 20 heavy (non-hydrogen) atoms. The summed E-state index contributed by atoms with van der Waals surface area (Å²) < 4.78 is 5.12. The first kappa shape index (κ1) is 15.0. The van der Waals surface area contributed by atoms with Crippen molar-refractivity contribution in [1.29, 1.82) is 0 Å². The van der Waals surface area contributed by atoms with Crippen molar-refractivity contribution < 1.29 is 9.53 Å². The Balaban J connectivity index is 1.84. The van der Waals surface area contributed by atoms with Crippen LogP contribution in [0.25, 0.3) is 0 Å². The van der Waals surface area contributed by atoms with Crippen LogP contribution in [-0.4, -0.2) is 25.6 Å². The molecule has 1 amide bonds. The molecule has 4 nitrogen and oxygen atoms in total. The number of hydrogen-bond acceptors (Lipinski definition) is 3. The van der Waals surface area contributed by atoms with Crippen LogP contribution in [0.1, 0.15) is 36.8 Å². The summed E-state index contributed by atoms with van der Waals surface area (Å²) in [6, 6.07) is 8.10. The van der Waals surface area contributed by atoms with Crippen LogP contribution in [0.2, 0.25) is 0 Å². The topological polar surface area (TPSA) is 50.4 Å². The van der Waals surface area contributed by atoms with Gasteiger partial charge in [0.1, 0.15) is 0 Å². The van der Waals surface area contributed by atoms with E-state index in [0.29, 0.717) is 13.2 Å².